The molecule has 0 aromatic carbocycles. The summed E-state index contributed by atoms with van der Waals surface area (Å²) < 4.78 is 0.945. The average molecular weight is 222 g/mol. The van der Waals surface area contributed by atoms with E-state index in [1.165, 1.54) is 11.3 Å². The van der Waals surface area contributed by atoms with Crippen molar-refractivity contribution in [1.29, 1.82) is 0 Å². The van der Waals surface area contributed by atoms with Crippen LogP contribution in [0, 0.1) is 0 Å². The Labute approximate surface area is 90.1 Å². The molecule has 0 radical (unpaired) electrons. The predicted molar refractivity (Wildman–Crippen MR) is 62.0 cm³/mol. The first-order chi connectivity index (χ1) is 6.83. The van der Waals surface area contributed by atoms with Crippen LogP contribution in [0.4, 0.5) is 0 Å². The summed E-state index contributed by atoms with van der Waals surface area (Å²) >= 11 is 3.02. The highest BCUT2D eigenvalue weighted by molar-refractivity contribution is 7.27. The molecule has 0 atom stereocenters. The van der Waals surface area contributed by atoms with Crippen LogP contribution in [0.1, 0.15) is 9.67 Å². The molecule has 0 saturated heterocycles. The van der Waals surface area contributed by atoms with Gasteiger partial charge in [-0.25, -0.2) is 0 Å². The summed E-state index contributed by atoms with van der Waals surface area (Å²) in [7, 11) is 0.0799. The molecule has 70 valence electrons. The van der Waals surface area contributed by atoms with Crippen LogP contribution in [-0.4, -0.2) is 18.8 Å². The standard InChI is InChI=1S/C9H7BO2S2/c11-5-6-1-2-7(13-6)8-3-4-9(10-12)14-8/h1-5,10,12H. The summed E-state index contributed by atoms with van der Waals surface area (Å²) in [6, 6.07) is 7.61. The van der Waals surface area contributed by atoms with Gasteiger partial charge in [0.05, 0.1) is 4.88 Å². The van der Waals surface area contributed by atoms with E-state index in [1.807, 2.05) is 24.3 Å². The van der Waals surface area contributed by atoms with Gasteiger partial charge in [-0.3, -0.25) is 4.79 Å². The maximum atomic E-state index is 10.5. The van der Waals surface area contributed by atoms with Crippen molar-refractivity contribution >= 4 is 41.2 Å². The second-order valence-electron chi connectivity index (χ2n) is 2.74. The van der Waals surface area contributed by atoms with Crippen LogP contribution < -0.4 is 4.78 Å². The van der Waals surface area contributed by atoms with Gasteiger partial charge in [-0.05, 0) is 18.2 Å². The maximum absolute atomic E-state index is 10.5. The summed E-state index contributed by atoms with van der Waals surface area (Å²) in [5, 5.41) is 8.91. The molecule has 14 heavy (non-hydrogen) atoms. The van der Waals surface area contributed by atoms with E-state index in [1.54, 1.807) is 11.3 Å². The lowest BCUT2D eigenvalue weighted by molar-refractivity contribution is 0.112. The van der Waals surface area contributed by atoms with Crippen LogP contribution in [0.25, 0.3) is 9.75 Å². The van der Waals surface area contributed by atoms with Gasteiger partial charge in [0.2, 0.25) is 0 Å². The Kier molecular flexibility index (Phi) is 2.81. The van der Waals surface area contributed by atoms with Gasteiger partial charge in [0.1, 0.15) is 0 Å². The average Bonchev–Trinajstić information content (AvgIpc) is 2.86. The van der Waals surface area contributed by atoms with Gasteiger partial charge in [-0.2, -0.15) is 0 Å². The molecule has 0 aliphatic rings. The fraction of sp³-hybridized carbons (Fsp3) is 0. The monoisotopic (exact) mass is 222 g/mol. The van der Waals surface area contributed by atoms with Gasteiger partial charge in [0, 0.05) is 14.5 Å². The minimum absolute atomic E-state index is 0.0799. The molecule has 2 heterocycles. The summed E-state index contributed by atoms with van der Waals surface area (Å²) in [5.41, 5.74) is 0. The van der Waals surface area contributed by atoms with Crippen LogP contribution in [0.3, 0.4) is 0 Å². The van der Waals surface area contributed by atoms with E-state index in [4.69, 9.17) is 5.02 Å². The summed E-state index contributed by atoms with van der Waals surface area (Å²) in [4.78, 5) is 13.4. The van der Waals surface area contributed by atoms with Gasteiger partial charge in [-0.1, -0.05) is 6.07 Å². The molecular formula is C9H7BO2S2. The summed E-state index contributed by atoms with van der Waals surface area (Å²) in [6.07, 6.45) is 0.856. The van der Waals surface area contributed by atoms with E-state index in [9.17, 15) is 4.79 Å². The smallest absolute Gasteiger partial charge is 0.315 e. The molecule has 0 fully saturated rings. The SMILES string of the molecule is O=Cc1ccc(-c2ccc(BO)s2)s1. The minimum atomic E-state index is 0.0799. The molecule has 1 N–H and O–H groups in total. The predicted octanol–water partition coefficient (Wildman–Crippen LogP) is 1.26. The second-order valence-corrected chi connectivity index (χ2v) is 5.03. The molecule has 2 nitrogen and oxygen atoms in total. The van der Waals surface area contributed by atoms with Crippen molar-refractivity contribution < 1.29 is 9.82 Å². The summed E-state index contributed by atoms with van der Waals surface area (Å²) in [6.45, 7) is 0. The first kappa shape index (κ1) is 9.64. The Morgan fingerprint density at radius 3 is 2.43 bits per heavy atom. The van der Waals surface area contributed by atoms with Crippen LogP contribution in [-0.2, 0) is 0 Å². The largest absolute Gasteiger partial charge is 0.449 e. The molecule has 0 saturated carbocycles. The molecule has 0 bridgehead atoms. The zero-order valence-corrected chi connectivity index (χ0v) is 8.90. The zero-order valence-electron chi connectivity index (χ0n) is 7.27. The van der Waals surface area contributed by atoms with Crippen molar-refractivity contribution in [2.24, 2.45) is 0 Å². The molecule has 0 spiro atoms. The molecular weight excluding hydrogens is 215 g/mol. The van der Waals surface area contributed by atoms with Crippen LogP contribution in [0.15, 0.2) is 24.3 Å². The Balaban J connectivity index is 2.33. The normalized spacial score (nSPS) is 10.1. The van der Waals surface area contributed by atoms with Crippen LogP contribution in [0.5, 0.6) is 0 Å². The number of hydrogen-bond acceptors (Lipinski definition) is 4. The lowest BCUT2D eigenvalue weighted by Gasteiger charge is -1.87. The third-order valence-electron chi connectivity index (χ3n) is 1.80. The second kappa shape index (κ2) is 4.08. The third-order valence-corrected chi connectivity index (χ3v) is 4.08. The molecule has 5 heteroatoms. The van der Waals surface area contributed by atoms with Crippen molar-refractivity contribution in [2.75, 3.05) is 0 Å². The fourth-order valence-corrected chi connectivity index (χ4v) is 2.92. The number of rotatable bonds is 3. The topological polar surface area (TPSA) is 37.3 Å². The van der Waals surface area contributed by atoms with E-state index in [2.05, 4.69) is 0 Å². The Bertz CT molecular complexity index is 447. The Hall–Kier alpha value is -0.905. The molecule has 0 aliphatic heterocycles. The number of thiophene rings is 2. The highest BCUT2D eigenvalue weighted by Crippen LogP contribution is 2.29. The van der Waals surface area contributed by atoms with E-state index < -0.39 is 0 Å². The third kappa shape index (κ3) is 1.80. The zero-order chi connectivity index (χ0) is 9.97. The number of carbonyl (C=O) groups excluding carboxylic acids is 1. The van der Waals surface area contributed by atoms with Crippen molar-refractivity contribution in [2.45, 2.75) is 0 Å². The highest BCUT2D eigenvalue weighted by Gasteiger charge is 2.05. The molecule has 2 aromatic rings. The van der Waals surface area contributed by atoms with Crippen LogP contribution in [0.2, 0.25) is 0 Å². The number of aldehydes is 1. The van der Waals surface area contributed by atoms with Crippen molar-refractivity contribution in [3.05, 3.63) is 29.1 Å². The van der Waals surface area contributed by atoms with Gasteiger partial charge < -0.3 is 5.02 Å². The molecule has 0 aliphatic carbocycles. The number of carbonyl (C=O) groups is 1. The molecule has 2 rings (SSSR count). The first-order valence-corrected chi connectivity index (χ1v) is 5.72. The highest BCUT2D eigenvalue weighted by atomic mass is 32.1. The van der Waals surface area contributed by atoms with Crippen molar-refractivity contribution in [1.82, 2.24) is 0 Å². The van der Waals surface area contributed by atoms with E-state index in [0.717, 1.165) is 25.7 Å². The molecule has 0 amide bonds. The number of hydrogen-bond donors (Lipinski definition) is 1. The van der Waals surface area contributed by atoms with Crippen molar-refractivity contribution in [3.63, 3.8) is 0 Å². The summed E-state index contributed by atoms with van der Waals surface area (Å²) in [5.74, 6) is 0. The lowest BCUT2D eigenvalue weighted by Crippen LogP contribution is -2.06. The van der Waals surface area contributed by atoms with Gasteiger partial charge in [-0.15, -0.1) is 22.7 Å². The van der Waals surface area contributed by atoms with E-state index in [0.29, 0.717) is 0 Å². The molecule has 0 unspecified atom stereocenters. The van der Waals surface area contributed by atoms with Gasteiger partial charge in [0.25, 0.3) is 0 Å². The quantitative estimate of drug-likeness (QED) is 0.627. The first-order valence-electron chi connectivity index (χ1n) is 4.08. The molecule has 2 aromatic heterocycles. The van der Waals surface area contributed by atoms with Crippen molar-refractivity contribution in [3.8, 4) is 9.75 Å². The van der Waals surface area contributed by atoms with E-state index in [-0.39, 0.29) is 7.48 Å². The lowest BCUT2D eigenvalue weighted by atomic mass is 10.0. The Morgan fingerprint density at radius 1 is 1.14 bits per heavy atom. The minimum Gasteiger partial charge on any atom is -0.449 e. The van der Waals surface area contributed by atoms with E-state index >= 15 is 0 Å². The van der Waals surface area contributed by atoms with Gasteiger partial charge in [0.15, 0.2) is 6.29 Å². The van der Waals surface area contributed by atoms with Crippen LogP contribution >= 0.6 is 22.7 Å². The fourth-order valence-electron chi connectivity index (χ4n) is 1.14. The van der Waals surface area contributed by atoms with Gasteiger partial charge >= 0.3 is 7.48 Å². The Morgan fingerprint density at radius 2 is 1.86 bits per heavy atom. The maximum Gasteiger partial charge on any atom is 0.315 e.